The second-order valence-electron chi connectivity index (χ2n) is 11.6. The summed E-state index contributed by atoms with van der Waals surface area (Å²) < 4.78 is 39.4. The van der Waals surface area contributed by atoms with E-state index < -0.39 is 11.7 Å². The van der Waals surface area contributed by atoms with Gasteiger partial charge in [0.25, 0.3) is 0 Å². The van der Waals surface area contributed by atoms with E-state index in [-0.39, 0.29) is 11.8 Å². The number of rotatable bonds is 4. The van der Waals surface area contributed by atoms with Crippen LogP contribution in [0.3, 0.4) is 0 Å². The first-order chi connectivity index (χ1) is 18.4. The number of anilines is 1. The molecule has 0 spiro atoms. The molecule has 4 aliphatic rings. The maximum atomic E-state index is 13.6. The summed E-state index contributed by atoms with van der Waals surface area (Å²) in [6.07, 6.45) is 5.83. The quantitative estimate of drug-likeness (QED) is 0.511. The highest BCUT2D eigenvalue weighted by atomic mass is 19.4. The largest absolute Gasteiger partial charge is 0.416 e. The average Bonchev–Trinajstić information content (AvgIpc) is 3.56. The van der Waals surface area contributed by atoms with E-state index >= 15 is 0 Å². The predicted octanol–water partition coefficient (Wildman–Crippen LogP) is 5.72. The Hall–Kier alpha value is -2.61. The Kier molecular flexibility index (Phi) is 7.10. The number of carbonyl (C=O) groups is 1. The summed E-state index contributed by atoms with van der Waals surface area (Å²) in [5.41, 5.74) is 1.20. The number of likely N-dealkylation sites (tertiary alicyclic amines) is 2. The lowest BCUT2D eigenvalue weighted by molar-refractivity contribution is -0.138. The fourth-order valence-corrected chi connectivity index (χ4v) is 7.57. The van der Waals surface area contributed by atoms with Gasteiger partial charge in [0.05, 0.1) is 5.56 Å². The summed E-state index contributed by atoms with van der Waals surface area (Å²) in [4.78, 5) is 25.0. The van der Waals surface area contributed by atoms with Gasteiger partial charge in [0, 0.05) is 73.7 Å². The number of nitrogens with zero attached hydrogens (tertiary/aromatic N) is 4. The minimum absolute atomic E-state index is 0.0290. The molecule has 2 atom stereocenters. The molecule has 3 saturated heterocycles. The maximum absolute atomic E-state index is 13.6. The standard InChI is InChI=1S/C30H37F3N4O/c31-30(32,33)23-4-3-5-25(20-23)35-16-11-22(12-17-35)29(38)37-19-14-27-28(37)13-18-36(27)24-9-7-21(8-10-24)26-6-1-2-15-34-26/h1-6,15,20-22,24,27-28H,7-14,16-19H2. The molecule has 2 unspecified atom stereocenters. The average molecular weight is 527 g/mol. The van der Waals surface area contributed by atoms with Gasteiger partial charge in [-0.3, -0.25) is 14.7 Å². The molecule has 1 amide bonds. The third kappa shape index (κ3) is 5.04. The minimum atomic E-state index is -4.34. The lowest BCUT2D eigenvalue weighted by atomic mass is 9.83. The Morgan fingerprint density at radius 1 is 0.816 bits per heavy atom. The fraction of sp³-hybridized carbons (Fsp3) is 0.600. The first kappa shape index (κ1) is 25.7. The number of fused-ring (bicyclic) bond motifs is 1. The van der Waals surface area contributed by atoms with Crippen LogP contribution in [0.25, 0.3) is 0 Å². The number of alkyl halides is 3. The minimum Gasteiger partial charge on any atom is -0.371 e. The van der Waals surface area contributed by atoms with Gasteiger partial charge < -0.3 is 9.80 Å². The second-order valence-corrected chi connectivity index (χ2v) is 11.6. The number of piperidine rings is 1. The third-order valence-electron chi connectivity index (χ3n) is 9.56. The molecule has 0 bridgehead atoms. The summed E-state index contributed by atoms with van der Waals surface area (Å²) in [5.74, 6) is 0.801. The van der Waals surface area contributed by atoms with Crippen LogP contribution in [0.4, 0.5) is 18.9 Å². The van der Waals surface area contributed by atoms with Gasteiger partial charge in [-0.25, -0.2) is 0 Å². The summed E-state index contributed by atoms with van der Waals surface area (Å²) in [7, 11) is 0. The van der Waals surface area contributed by atoms with Crippen molar-refractivity contribution >= 4 is 11.6 Å². The molecule has 38 heavy (non-hydrogen) atoms. The van der Waals surface area contributed by atoms with Gasteiger partial charge in [0.15, 0.2) is 0 Å². The predicted molar refractivity (Wildman–Crippen MR) is 141 cm³/mol. The normalized spacial score (nSPS) is 29.0. The number of halogens is 3. The molecule has 8 heteroatoms. The van der Waals surface area contributed by atoms with Gasteiger partial charge in [-0.05, 0) is 81.7 Å². The van der Waals surface area contributed by atoms with Crippen LogP contribution < -0.4 is 4.90 Å². The van der Waals surface area contributed by atoms with Gasteiger partial charge in [0.2, 0.25) is 5.91 Å². The van der Waals surface area contributed by atoms with E-state index in [9.17, 15) is 18.0 Å². The van der Waals surface area contributed by atoms with Crippen molar-refractivity contribution in [1.29, 1.82) is 0 Å². The highest BCUT2D eigenvalue weighted by Gasteiger charge is 2.48. The van der Waals surface area contributed by atoms with Crippen LogP contribution in [0.2, 0.25) is 0 Å². The molecule has 1 aliphatic carbocycles. The highest BCUT2D eigenvalue weighted by Crippen LogP contribution is 2.41. The van der Waals surface area contributed by atoms with Gasteiger partial charge >= 0.3 is 6.18 Å². The van der Waals surface area contributed by atoms with Gasteiger partial charge in [-0.1, -0.05) is 12.1 Å². The number of benzene rings is 1. The van der Waals surface area contributed by atoms with Crippen molar-refractivity contribution in [1.82, 2.24) is 14.8 Å². The Morgan fingerprint density at radius 3 is 2.29 bits per heavy atom. The van der Waals surface area contributed by atoms with Crippen LogP contribution in [0, 0.1) is 5.92 Å². The highest BCUT2D eigenvalue weighted by molar-refractivity contribution is 5.80. The number of amides is 1. The van der Waals surface area contributed by atoms with E-state index in [1.165, 1.54) is 43.5 Å². The number of hydrogen-bond acceptors (Lipinski definition) is 4. The number of aromatic nitrogens is 1. The number of carbonyl (C=O) groups excluding carboxylic acids is 1. The molecule has 0 radical (unpaired) electrons. The summed E-state index contributed by atoms with van der Waals surface area (Å²) >= 11 is 0. The van der Waals surface area contributed by atoms with E-state index in [1.54, 1.807) is 6.07 Å². The van der Waals surface area contributed by atoms with Gasteiger partial charge in [-0.2, -0.15) is 13.2 Å². The molecule has 1 aromatic heterocycles. The van der Waals surface area contributed by atoms with Crippen LogP contribution in [0.5, 0.6) is 0 Å². The molecule has 2 aromatic rings. The Balaban J connectivity index is 1.02. The van der Waals surface area contributed by atoms with Gasteiger partial charge in [-0.15, -0.1) is 0 Å². The van der Waals surface area contributed by atoms with Crippen LogP contribution in [0.15, 0.2) is 48.7 Å². The van der Waals surface area contributed by atoms with Crippen molar-refractivity contribution in [3.05, 3.63) is 59.9 Å². The van der Waals surface area contributed by atoms with E-state index in [0.29, 0.717) is 55.7 Å². The Morgan fingerprint density at radius 2 is 1.58 bits per heavy atom. The molecule has 0 N–H and O–H groups in total. The second kappa shape index (κ2) is 10.5. The fourth-order valence-electron chi connectivity index (χ4n) is 7.57. The third-order valence-corrected chi connectivity index (χ3v) is 9.56. The van der Waals surface area contributed by atoms with Crippen LogP contribution in [0.1, 0.15) is 68.5 Å². The van der Waals surface area contributed by atoms with Crippen molar-refractivity contribution in [2.24, 2.45) is 5.92 Å². The summed E-state index contributed by atoms with van der Waals surface area (Å²) in [5, 5.41) is 0. The van der Waals surface area contributed by atoms with Crippen LogP contribution in [-0.4, -0.2) is 65.0 Å². The molecule has 6 rings (SSSR count). The van der Waals surface area contributed by atoms with Crippen molar-refractivity contribution < 1.29 is 18.0 Å². The lowest BCUT2D eigenvalue weighted by Crippen LogP contribution is -2.47. The summed E-state index contributed by atoms with van der Waals surface area (Å²) in [6, 6.07) is 13.2. The topological polar surface area (TPSA) is 39.7 Å². The number of pyridine rings is 1. The molecule has 1 aromatic carbocycles. The van der Waals surface area contributed by atoms with E-state index in [4.69, 9.17) is 0 Å². The molecule has 204 valence electrons. The Labute approximate surface area is 223 Å². The van der Waals surface area contributed by atoms with E-state index in [1.807, 2.05) is 17.2 Å². The SMILES string of the molecule is O=C(C1CCN(c2cccc(C(F)(F)F)c2)CC1)N1CCC2C1CCN2C1CCC(c2ccccn2)CC1. The van der Waals surface area contributed by atoms with E-state index in [0.717, 1.165) is 32.0 Å². The summed E-state index contributed by atoms with van der Waals surface area (Å²) in [6.45, 7) is 3.14. The first-order valence-corrected chi connectivity index (χ1v) is 14.3. The smallest absolute Gasteiger partial charge is 0.371 e. The molecule has 3 aliphatic heterocycles. The van der Waals surface area contributed by atoms with Gasteiger partial charge in [0.1, 0.15) is 0 Å². The molecule has 1 saturated carbocycles. The van der Waals surface area contributed by atoms with Crippen LogP contribution in [-0.2, 0) is 11.0 Å². The zero-order valence-electron chi connectivity index (χ0n) is 21.8. The molecule has 4 fully saturated rings. The molecule has 5 nitrogen and oxygen atoms in total. The number of hydrogen-bond donors (Lipinski definition) is 0. The first-order valence-electron chi connectivity index (χ1n) is 14.3. The molecular weight excluding hydrogens is 489 g/mol. The van der Waals surface area contributed by atoms with Crippen molar-refractivity contribution in [2.75, 3.05) is 31.1 Å². The zero-order valence-corrected chi connectivity index (χ0v) is 21.8. The van der Waals surface area contributed by atoms with Crippen molar-refractivity contribution in [3.8, 4) is 0 Å². The molecular formula is C30H37F3N4O. The zero-order chi connectivity index (χ0) is 26.3. The maximum Gasteiger partial charge on any atom is 0.416 e. The molecule has 4 heterocycles. The Bertz CT molecular complexity index is 1110. The van der Waals surface area contributed by atoms with Crippen LogP contribution >= 0.6 is 0 Å². The van der Waals surface area contributed by atoms with Crippen molar-refractivity contribution in [3.63, 3.8) is 0 Å². The monoisotopic (exact) mass is 526 g/mol. The van der Waals surface area contributed by atoms with Crippen molar-refractivity contribution in [2.45, 2.75) is 81.6 Å². The van der Waals surface area contributed by atoms with E-state index in [2.05, 4.69) is 26.9 Å². The lowest BCUT2D eigenvalue weighted by Gasteiger charge is -2.38.